The molecule has 1 saturated heterocycles. The molecule has 2 heterocycles. The third-order valence-corrected chi connectivity index (χ3v) is 5.91. The van der Waals surface area contributed by atoms with Gasteiger partial charge in [0, 0.05) is 24.1 Å². The van der Waals surface area contributed by atoms with Crippen LogP contribution in [0.3, 0.4) is 0 Å². The lowest BCUT2D eigenvalue weighted by molar-refractivity contribution is -0.131. The summed E-state index contributed by atoms with van der Waals surface area (Å²) in [6.45, 7) is 7.90. The van der Waals surface area contributed by atoms with Crippen LogP contribution in [0.5, 0.6) is 0 Å². The van der Waals surface area contributed by atoms with Crippen LogP contribution < -0.4 is 5.32 Å². The fourth-order valence-corrected chi connectivity index (χ4v) is 4.41. The number of ketones is 1. The number of carbonyl (C=O) groups excluding carboxylic acids is 3. The number of urea groups is 1. The average molecular weight is 412 g/mol. The summed E-state index contributed by atoms with van der Waals surface area (Å²) in [4.78, 5) is 40.0. The number of hydrogen-bond acceptors (Lipinski definition) is 4. The van der Waals surface area contributed by atoms with Crippen molar-refractivity contribution in [3.05, 3.63) is 58.9 Å². The minimum atomic E-state index is -1.14. The first-order valence-electron chi connectivity index (χ1n) is 10.2. The Balaban J connectivity index is 1.87. The van der Waals surface area contributed by atoms with Gasteiger partial charge in [-0.25, -0.2) is 4.79 Å². The molecule has 30 heavy (non-hydrogen) atoms. The van der Waals surface area contributed by atoms with Crippen molar-refractivity contribution < 1.29 is 19.1 Å². The van der Waals surface area contributed by atoms with E-state index in [0.29, 0.717) is 24.2 Å². The van der Waals surface area contributed by atoms with Crippen molar-refractivity contribution in [1.82, 2.24) is 14.8 Å². The van der Waals surface area contributed by atoms with Crippen molar-refractivity contribution in [2.75, 3.05) is 20.3 Å². The van der Waals surface area contributed by atoms with Gasteiger partial charge in [-0.15, -0.1) is 0 Å². The van der Waals surface area contributed by atoms with Gasteiger partial charge in [-0.05, 0) is 38.8 Å². The third kappa shape index (κ3) is 3.54. The van der Waals surface area contributed by atoms with Gasteiger partial charge >= 0.3 is 6.03 Å². The minimum Gasteiger partial charge on any atom is -0.383 e. The van der Waals surface area contributed by atoms with Crippen molar-refractivity contribution in [2.45, 2.75) is 45.7 Å². The Bertz CT molecular complexity index is 966. The highest BCUT2D eigenvalue weighted by molar-refractivity contribution is 6.11. The predicted octanol–water partition coefficient (Wildman–Crippen LogP) is 3.35. The van der Waals surface area contributed by atoms with Crippen molar-refractivity contribution in [3.63, 3.8) is 0 Å². The fourth-order valence-electron chi connectivity index (χ4n) is 4.41. The number of rotatable bonds is 8. The summed E-state index contributed by atoms with van der Waals surface area (Å²) in [5, 5.41) is 2.82. The largest absolute Gasteiger partial charge is 0.383 e. The lowest BCUT2D eigenvalue weighted by Gasteiger charge is -2.25. The van der Waals surface area contributed by atoms with Crippen molar-refractivity contribution in [3.8, 4) is 0 Å². The quantitative estimate of drug-likeness (QED) is 0.534. The average Bonchev–Trinajstić information content (AvgIpc) is 3.16. The predicted molar refractivity (Wildman–Crippen MR) is 113 cm³/mol. The van der Waals surface area contributed by atoms with Crippen LogP contribution in [0.15, 0.2) is 36.4 Å². The monoisotopic (exact) mass is 411 g/mol. The molecule has 0 unspecified atom stereocenters. The van der Waals surface area contributed by atoms with Crippen LogP contribution >= 0.6 is 0 Å². The number of imide groups is 1. The number of ether oxygens (including phenoxy) is 1. The molecular formula is C23H29N3O4. The topological polar surface area (TPSA) is 80.6 Å². The minimum absolute atomic E-state index is 0.0686. The smallest absolute Gasteiger partial charge is 0.325 e. The molecule has 2 aromatic rings. The van der Waals surface area contributed by atoms with Gasteiger partial charge in [0.15, 0.2) is 5.78 Å². The van der Waals surface area contributed by atoms with Gasteiger partial charge in [0.05, 0.1) is 19.2 Å². The second kappa shape index (κ2) is 8.44. The third-order valence-electron chi connectivity index (χ3n) is 5.91. The number of aromatic nitrogens is 1. The maximum atomic E-state index is 13.3. The Labute approximate surface area is 177 Å². The summed E-state index contributed by atoms with van der Waals surface area (Å²) >= 11 is 0. The number of nitrogens with one attached hydrogen (secondary N) is 1. The Kier molecular flexibility index (Phi) is 6.12. The van der Waals surface area contributed by atoms with Crippen molar-refractivity contribution in [2.24, 2.45) is 0 Å². The Morgan fingerprint density at radius 1 is 1.20 bits per heavy atom. The van der Waals surface area contributed by atoms with E-state index in [1.807, 2.05) is 68.7 Å². The van der Waals surface area contributed by atoms with E-state index in [-0.39, 0.29) is 18.4 Å². The van der Waals surface area contributed by atoms with Gasteiger partial charge in [-0.1, -0.05) is 37.3 Å². The number of hydrogen-bond donors (Lipinski definition) is 1. The van der Waals surface area contributed by atoms with E-state index in [4.69, 9.17) is 4.74 Å². The summed E-state index contributed by atoms with van der Waals surface area (Å²) in [6.07, 6.45) is 0.398. The van der Waals surface area contributed by atoms with E-state index in [2.05, 4.69) is 5.32 Å². The van der Waals surface area contributed by atoms with E-state index in [1.54, 1.807) is 7.11 Å². The summed E-state index contributed by atoms with van der Waals surface area (Å²) in [5.74, 6) is -0.654. The molecular weight excluding hydrogens is 382 g/mol. The molecule has 0 aliphatic carbocycles. The molecule has 7 nitrogen and oxygen atoms in total. The van der Waals surface area contributed by atoms with Crippen molar-refractivity contribution in [1.29, 1.82) is 0 Å². The number of methoxy groups -OCH3 is 1. The first-order valence-corrected chi connectivity index (χ1v) is 10.2. The van der Waals surface area contributed by atoms with Gasteiger partial charge in [-0.2, -0.15) is 0 Å². The molecule has 2 atom stereocenters. The Hall–Kier alpha value is -2.93. The first kappa shape index (κ1) is 21.8. The second-order valence-corrected chi connectivity index (χ2v) is 7.83. The molecule has 1 aromatic carbocycles. The highest BCUT2D eigenvalue weighted by atomic mass is 16.5. The summed E-state index contributed by atoms with van der Waals surface area (Å²) in [5.41, 5.74) is 1.84. The van der Waals surface area contributed by atoms with E-state index in [9.17, 15) is 14.4 Å². The van der Waals surface area contributed by atoms with Crippen LogP contribution in [0.4, 0.5) is 4.79 Å². The summed E-state index contributed by atoms with van der Waals surface area (Å²) in [6, 6.07) is 10.5. The molecule has 1 fully saturated rings. The zero-order chi connectivity index (χ0) is 22.1. The number of carbonyl (C=O) groups is 3. The van der Waals surface area contributed by atoms with Gasteiger partial charge in [0.1, 0.15) is 5.54 Å². The van der Waals surface area contributed by atoms with Crippen LogP contribution in [0.25, 0.3) is 0 Å². The van der Waals surface area contributed by atoms with Crippen LogP contribution in [-0.2, 0) is 15.1 Å². The maximum Gasteiger partial charge on any atom is 0.325 e. The molecule has 0 radical (unpaired) electrons. The van der Waals surface area contributed by atoms with Crippen molar-refractivity contribution >= 4 is 17.7 Å². The maximum absolute atomic E-state index is 13.3. The van der Waals surface area contributed by atoms with Gasteiger partial charge in [0.2, 0.25) is 0 Å². The van der Waals surface area contributed by atoms with Crippen LogP contribution in [0, 0.1) is 13.8 Å². The van der Waals surface area contributed by atoms with E-state index in [0.717, 1.165) is 16.3 Å². The van der Waals surface area contributed by atoms with E-state index >= 15 is 0 Å². The molecule has 0 bridgehead atoms. The Morgan fingerprint density at radius 3 is 2.47 bits per heavy atom. The van der Waals surface area contributed by atoms with Crippen LogP contribution in [-0.4, -0.2) is 47.4 Å². The lowest BCUT2D eigenvalue weighted by Crippen LogP contribution is -2.43. The summed E-state index contributed by atoms with van der Waals surface area (Å²) in [7, 11) is 1.64. The van der Waals surface area contributed by atoms with Crippen LogP contribution in [0.1, 0.15) is 53.6 Å². The zero-order valence-corrected chi connectivity index (χ0v) is 18.2. The second-order valence-electron chi connectivity index (χ2n) is 7.83. The number of Topliss-reactive ketones (excluding diaryl/α,β-unsaturated/α-hetero) is 1. The number of aryl methyl sites for hydroxylation is 1. The first-order chi connectivity index (χ1) is 14.3. The van der Waals surface area contributed by atoms with Gasteiger partial charge in [0.25, 0.3) is 5.91 Å². The molecule has 1 aromatic heterocycles. The van der Waals surface area contributed by atoms with Gasteiger partial charge in [-0.3, -0.25) is 14.5 Å². The highest BCUT2D eigenvalue weighted by Gasteiger charge is 2.51. The molecule has 0 spiro atoms. The molecule has 3 amide bonds. The molecule has 1 aliphatic heterocycles. The number of amides is 3. The zero-order valence-electron chi connectivity index (χ0n) is 18.2. The molecule has 0 saturated carbocycles. The standard InChI is InChI=1S/C23H29N3O4/c1-6-23(18-10-8-7-9-11-18)21(28)25(22(29)24-23)13-20(27)19-12-15(2)26(17(19)4)16(3)14-30-5/h7-12,16H,6,13-14H2,1-5H3,(H,24,29)/t16-,23+/m0/s1. The van der Waals surface area contributed by atoms with E-state index in [1.165, 1.54) is 0 Å². The summed E-state index contributed by atoms with van der Waals surface area (Å²) < 4.78 is 7.28. The molecule has 160 valence electrons. The normalized spacial score (nSPS) is 19.8. The molecule has 1 N–H and O–H groups in total. The lowest BCUT2D eigenvalue weighted by atomic mass is 9.87. The molecule has 3 rings (SSSR count). The van der Waals surface area contributed by atoms with Gasteiger partial charge < -0.3 is 14.6 Å². The molecule has 7 heteroatoms. The Morgan fingerprint density at radius 2 is 1.87 bits per heavy atom. The fraction of sp³-hybridized carbons (Fsp3) is 0.435. The van der Waals surface area contributed by atoms with Crippen LogP contribution in [0.2, 0.25) is 0 Å². The SMILES string of the molecule is CC[C@]1(c2ccccc2)NC(=O)N(CC(=O)c2cc(C)n([C@@H](C)COC)c2C)C1=O. The molecule has 1 aliphatic rings. The highest BCUT2D eigenvalue weighted by Crippen LogP contribution is 2.32. The number of benzene rings is 1. The number of nitrogens with zero attached hydrogens (tertiary/aromatic N) is 2. The van der Waals surface area contributed by atoms with E-state index < -0.39 is 17.5 Å².